The normalized spacial score (nSPS) is 11.3. The lowest BCUT2D eigenvalue weighted by Gasteiger charge is -2.15. The van der Waals surface area contributed by atoms with Gasteiger partial charge in [-0.2, -0.15) is 0 Å². The summed E-state index contributed by atoms with van der Waals surface area (Å²) in [6, 6.07) is 3.36. The standard InChI is InChI=1S/C13H16O4/c1-5-6-10(14)9-7-11(15-2)13(17-4)12(8-9)16-3/h6-8,10,14H,1H2,2-4H3. The van der Waals surface area contributed by atoms with Crippen LogP contribution in [0.4, 0.5) is 0 Å². The molecule has 0 radical (unpaired) electrons. The average Bonchev–Trinajstić information content (AvgIpc) is 2.37. The van der Waals surface area contributed by atoms with Gasteiger partial charge < -0.3 is 19.3 Å². The molecular weight excluding hydrogens is 220 g/mol. The molecule has 0 aliphatic carbocycles. The Labute approximate surface area is 101 Å². The molecule has 4 heteroatoms. The number of aliphatic hydroxyl groups excluding tert-OH is 1. The van der Waals surface area contributed by atoms with Crippen molar-refractivity contribution in [2.45, 2.75) is 6.10 Å². The van der Waals surface area contributed by atoms with Crippen molar-refractivity contribution in [2.24, 2.45) is 0 Å². The first-order valence-electron chi connectivity index (χ1n) is 5.01. The zero-order valence-electron chi connectivity index (χ0n) is 10.2. The molecule has 1 rings (SSSR count). The first kappa shape index (κ1) is 13.2. The van der Waals surface area contributed by atoms with Crippen LogP contribution in [-0.2, 0) is 0 Å². The van der Waals surface area contributed by atoms with Crippen molar-refractivity contribution in [3.63, 3.8) is 0 Å². The van der Waals surface area contributed by atoms with Gasteiger partial charge in [0.05, 0.1) is 21.3 Å². The Bertz CT molecular complexity index is 408. The molecule has 0 bridgehead atoms. The second-order valence-electron chi connectivity index (χ2n) is 3.27. The average molecular weight is 236 g/mol. The second-order valence-corrected chi connectivity index (χ2v) is 3.27. The molecule has 0 aliphatic rings. The number of ether oxygens (including phenoxy) is 3. The molecule has 17 heavy (non-hydrogen) atoms. The highest BCUT2D eigenvalue weighted by molar-refractivity contribution is 5.54. The van der Waals surface area contributed by atoms with Crippen molar-refractivity contribution in [1.29, 1.82) is 0 Å². The third-order valence-corrected chi connectivity index (χ3v) is 2.30. The maximum absolute atomic E-state index is 9.81. The van der Waals surface area contributed by atoms with E-state index in [0.717, 1.165) is 0 Å². The quantitative estimate of drug-likeness (QED) is 0.795. The van der Waals surface area contributed by atoms with Gasteiger partial charge in [-0.05, 0) is 23.8 Å². The number of benzene rings is 1. The maximum atomic E-state index is 9.81. The highest BCUT2D eigenvalue weighted by Crippen LogP contribution is 2.39. The molecule has 0 amide bonds. The van der Waals surface area contributed by atoms with Crippen molar-refractivity contribution >= 4 is 0 Å². The number of rotatable bonds is 5. The summed E-state index contributed by atoms with van der Waals surface area (Å²) in [5.74, 6) is 1.49. The summed E-state index contributed by atoms with van der Waals surface area (Å²) in [4.78, 5) is 0. The van der Waals surface area contributed by atoms with Crippen LogP contribution in [0.15, 0.2) is 30.5 Å². The Kier molecular flexibility index (Phi) is 4.64. The minimum absolute atomic E-state index is 0.494. The molecule has 1 aromatic carbocycles. The van der Waals surface area contributed by atoms with Gasteiger partial charge in [-0.3, -0.25) is 0 Å². The van der Waals surface area contributed by atoms with Crippen LogP contribution < -0.4 is 14.2 Å². The molecule has 0 saturated carbocycles. The van der Waals surface area contributed by atoms with Crippen molar-refractivity contribution in [2.75, 3.05) is 21.3 Å². The summed E-state index contributed by atoms with van der Waals surface area (Å²) in [7, 11) is 4.58. The van der Waals surface area contributed by atoms with E-state index in [1.165, 1.54) is 27.4 Å². The van der Waals surface area contributed by atoms with Gasteiger partial charge in [0.2, 0.25) is 5.75 Å². The summed E-state index contributed by atoms with van der Waals surface area (Å²) >= 11 is 0. The lowest BCUT2D eigenvalue weighted by atomic mass is 10.1. The van der Waals surface area contributed by atoms with Gasteiger partial charge in [0.25, 0.3) is 0 Å². The van der Waals surface area contributed by atoms with Crippen LogP contribution in [0.2, 0.25) is 0 Å². The Morgan fingerprint density at radius 3 is 2.06 bits per heavy atom. The fraction of sp³-hybridized carbons (Fsp3) is 0.308. The molecule has 1 unspecified atom stereocenters. The number of methoxy groups -OCH3 is 3. The Hall–Kier alpha value is -1.90. The summed E-state index contributed by atoms with van der Waals surface area (Å²) in [6.07, 6.45) is 0.641. The molecule has 0 heterocycles. The summed E-state index contributed by atoms with van der Waals surface area (Å²) in [6.45, 7) is 3.42. The third kappa shape index (κ3) is 2.81. The van der Waals surface area contributed by atoms with Crippen LogP contribution in [-0.4, -0.2) is 26.4 Å². The van der Waals surface area contributed by atoms with Crippen LogP contribution in [0.3, 0.4) is 0 Å². The van der Waals surface area contributed by atoms with E-state index in [0.29, 0.717) is 22.8 Å². The van der Waals surface area contributed by atoms with E-state index in [4.69, 9.17) is 14.2 Å². The zero-order chi connectivity index (χ0) is 12.8. The zero-order valence-corrected chi connectivity index (χ0v) is 10.2. The molecule has 0 spiro atoms. The van der Waals surface area contributed by atoms with Gasteiger partial charge in [-0.25, -0.2) is 0 Å². The molecular formula is C13H16O4. The maximum Gasteiger partial charge on any atom is 0.203 e. The largest absolute Gasteiger partial charge is 0.493 e. The smallest absolute Gasteiger partial charge is 0.203 e. The molecule has 0 fully saturated rings. The molecule has 92 valence electrons. The Balaban J connectivity index is 3.31. The molecule has 0 saturated heterocycles. The van der Waals surface area contributed by atoms with Gasteiger partial charge in [-0.1, -0.05) is 6.58 Å². The minimum Gasteiger partial charge on any atom is -0.493 e. The first-order valence-corrected chi connectivity index (χ1v) is 5.01. The van der Waals surface area contributed by atoms with Crippen LogP contribution in [0.5, 0.6) is 17.2 Å². The lowest BCUT2D eigenvalue weighted by Crippen LogP contribution is -1.99. The minimum atomic E-state index is -0.804. The van der Waals surface area contributed by atoms with Gasteiger partial charge in [0.15, 0.2) is 11.5 Å². The number of hydrogen-bond acceptors (Lipinski definition) is 4. The first-order chi connectivity index (χ1) is 8.17. The summed E-state index contributed by atoms with van der Waals surface area (Å²) < 4.78 is 15.5. The van der Waals surface area contributed by atoms with E-state index >= 15 is 0 Å². The van der Waals surface area contributed by atoms with Crippen molar-refractivity contribution in [3.05, 3.63) is 36.1 Å². The van der Waals surface area contributed by atoms with E-state index in [9.17, 15) is 5.11 Å². The van der Waals surface area contributed by atoms with Gasteiger partial charge in [-0.15, -0.1) is 5.73 Å². The Morgan fingerprint density at radius 1 is 1.18 bits per heavy atom. The second kappa shape index (κ2) is 5.99. The van der Waals surface area contributed by atoms with E-state index in [2.05, 4.69) is 12.3 Å². The third-order valence-electron chi connectivity index (χ3n) is 2.30. The molecule has 0 aliphatic heterocycles. The van der Waals surface area contributed by atoms with Crippen LogP contribution in [0.1, 0.15) is 11.7 Å². The van der Waals surface area contributed by atoms with Crippen LogP contribution in [0.25, 0.3) is 0 Å². The van der Waals surface area contributed by atoms with Crippen LogP contribution >= 0.6 is 0 Å². The SMILES string of the molecule is C=C=CC(O)c1cc(OC)c(OC)c(OC)c1. The predicted octanol–water partition coefficient (Wildman–Crippen LogP) is 2.09. The predicted molar refractivity (Wildman–Crippen MR) is 64.8 cm³/mol. The summed E-state index contributed by atoms with van der Waals surface area (Å²) in [5.41, 5.74) is 3.15. The fourth-order valence-corrected chi connectivity index (χ4v) is 1.48. The van der Waals surface area contributed by atoms with E-state index < -0.39 is 6.10 Å². The van der Waals surface area contributed by atoms with Crippen molar-refractivity contribution in [3.8, 4) is 17.2 Å². The highest BCUT2D eigenvalue weighted by atomic mass is 16.5. The van der Waals surface area contributed by atoms with Crippen LogP contribution in [0, 0.1) is 0 Å². The molecule has 1 aromatic rings. The topological polar surface area (TPSA) is 47.9 Å². The summed E-state index contributed by atoms with van der Waals surface area (Å²) in [5, 5.41) is 9.81. The van der Waals surface area contributed by atoms with Crippen molar-refractivity contribution < 1.29 is 19.3 Å². The van der Waals surface area contributed by atoms with Gasteiger partial charge in [0, 0.05) is 0 Å². The fourth-order valence-electron chi connectivity index (χ4n) is 1.48. The number of hydrogen-bond donors (Lipinski definition) is 1. The molecule has 4 nitrogen and oxygen atoms in total. The monoisotopic (exact) mass is 236 g/mol. The highest BCUT2D eigenvalue weighted by Gasteiger charge is 2.15. The molecule has 1 atom stereocenters. The molecule has 0 aromatic heterocycles. The van der Waals surface area contributed by atoms with E-state index in [-0.39, 0.29) is 0 Å². The van der Waals surface area contributed by atoms with Gasteiger partial charge >= 0.3 is 0 Å². The van der Waals surface area contributed by atoms with Crippen molar-refractivity contribution in [1.82, 2.24) is 0 Å². The molecule has 1 N–H and O–H groups in total. The van der Waals surface area contributed by atoms with E-state index in [1.54, 1.807) is 12.1 Å². The number of aliphatic hydroxyl groups is 1. The van der Waals surface area contributed by atoms with Gasteiger partial charge in [0.1, 0.15) is 6.10 Å². The van der Waals surface area contributed by atoms with E-state index in [1.807, 2.05) is 0 Å². The lowest BCUT2D eigenvalue weighted by molar-refractivity contribution is 0.227. The Morgan fingerprint density at radius 2 is 1.71 bits per heavy atom.